The summed E-state index contributed by atoms with van der Waals surface area (Å²) in [6, 6.07) is 22.0. The van der Waals surface area contributed by atoms with Gasteiger partial charge >= 0.3 is 0 Å². The van der Waals surface area contributed by atoms with Gasteiger partial charge in [-0.05, 0) is 35.9 Å². The van der Waals surface area contributed by atoms with E-state index in [9.17, 15) is 0 Å². The molecular formula is C21H14N2O2. The summed E-state index contributed by atoms with van der Waals surface area (Å²) in [5.74, 6) is 1.53. The predicted molar refractivity (Wildman–Crippen MR) is 99.1 cm³/mol. The van der Waals surface area contributed by atoms with E-state index in [0.29, 0.717) is 0 Å². The van der Waals surface area contributed by atoms with Gasteiger partial charge in [-0.15, -0.1) is 0 Å². The molecule has 25 heavy (non-hydrogen) atoms. The normalized spacial score (nSPS) is 13.1. The van der Waals surface area contributed by atoms with E-state index in [1.54, 1.807) is 0 Å². The van der Waals surface area contributed by atoms with Crippen LogP contribution in [0.3, 0.4) is 0 Å². The molecule has 5 rings (SSSR count). The molecule has 1 aromatic heterocycles. The number of ether oxygens (including phenoxy) is 2. The third-order valence-corrected chi connectivity index (χ3v) is 4.30. The Morgan fingerprint density at radius 3 is 2.24 bits per heavy atom. The SMILES string of the molecule is C(=Nc1c2ccccc2nc2ccccc12)c1ccc2c(c1)OCO2. The lowest BCUT2D eigenvalue weighted by Gasteiger charge is -2.06. The van der Waals surface area contributed by atoms with E-state index in [4.69, 9.17) is 19.5 Å². The van der Waals surface area contributed by atoms with Crippen molar-refractivity contribution in [2.45, 2.75) is 0 Å². The highest BCUT2D eigenvalue weighted by Gasteiger charge is 2.13. The Bertz CT molecular complexity index is 1080. The van der Waals surface area contributed by atoms with Gasteiger partial charge in [-0.2, -0.15) is 0 Å². The summed E-state index contributed by atoms with van der Waals surface area (Å²) in [4.78, 5) is 9.53. The fraction of sp³-hybridized carbons (Fsp3) is 0.0476. The smallest absolute Gasteiger partial charge is 0.231 e. The summed E-state index contributed by atoms with van der Waals surface area (Å²) in [5, 5.41) is 2.08. The van der Waals surface area contributed by atoms with Crippen LogP contribution >= 0.6 is 0 Å². The van der Waals surface area contributed by atoms with E-state index in [2.05, 4.69) is 12.1 Å². The first-order valence-corrected chi connectivity index (χ1v) is 8.10. The van der Waals surface area contributed by atoms with Crippen LogP contribution in [-0.2, 0) is 0 Å². The van der Waals surface area contributed by atoms with Crippen LogP contribution in [0.1, 0.15) is 5.56 Å². The van der Waals surface area contributed by atoms with Crippen molar-refractivity contribution in [2.75, 3.05) is 6.79 Å². The van der Waals surface area contributed by atoms with Crippen LogP contribution in [0.15, 0.2) is 71.7 Å². The molecule has 4 heteroatoms. The average Bonchev–Trinajstić information content (AvgIpc) is 3.13. The molecule has 0 fully saturated rings. The third kappa shape index (κ3) is 2.39. The van der Waals surface area contributed by atoms with Crippen LogP contribution in [0.2, 0.25) is 0 Å². The van der Waals surface area contributed by atoms with E-state index in [1.807, 2.05) is 60.8 Å². The summed E-state index contributed by atoms with van der Waals surface area (Å²) in [6.07, 6.45) is 1.86. The van der Waals surface area contributed by atoms with Crippen LogP contribution < -0.4 is 9.47 Å². The maximum Gasteiger partial charge on any atom is 0.231 e. The Labute approximate surface area is 144 Å². The molecule has 4 aromatic rings. The average molecular weight is 326 g/mol. The molecule has 0 N–H and O–H groups in total. The zero-order chi connectivity index (χ0) is 16.6. The van der Waals surface area contributed by atoms with E-state index < -0.39 is 0 Å². The maximum absolute atomic E-state index is 5.44. The highest BCUT2D eigenvalue weighted by molar-refractivity contribution is 6.07. The number of rotatable bonds is 2. The number of aliphatic imine (C=N–C) groups is 1. The molecule has 1 aliphatic heterocycles. The minimum atomic E-state index is 0.273. The van der Waals surface area contributed by atoms with Crippen molar-refractivity contribution in [3.63, 3.8) is 0 Å². The second-order valence-electron chi connectivity index (χ2n) is 5.87. The molecule has 0 spiro atoms. The molecule has 120 valence electrons. The molecule has 2 heterocycles. The number of aromatic nitrogens is 1. The third-order valence-electron chi connectivity index (χ3n) is 4.30. The van der Waals surface area contributed by atoms with E-state index in [0.717, 1.165) is 44.6 Å². The van der Waals surface area contributed by atoms with Crippen molar-refractivity contribution in [2.24, 2.45) is 4.99 Å². The van der Waals surface area contributed by atoms with Gasteiger partial charge in [-0.1, -0.05) is 36.4 Å². The fourth-order valence-electron chi connectivity index (χ4n) is 3.09. The van der Waals surface area contributed by atoms with Crippen LogP contribution in [0.25, 0.3) is 21.8 Å². The lowest BCUT2D eigenvalue weighted by Crippen LogP contribution is -1.92. The van der Waals surface area contributed by atoms with Crippen molar-refractivity contribution in [1.29, 1.82) is 0 Å². The molecule has 3 aromatic carbocycles. The first-order valence-electron chi connectivity index (χ1n) is 8.10. The van der Waals surface area contributed by atoms with Crippen LogP contribution in [-0.4, -0.2) is 18.0 Å². The number of pyridine rings is 1. The molecule has 0 amide bonds. The van der Waals surface area contributed by atoms with Gasteiger partial charge in [0.2, 0.25) is 6.79 Å². The van der Waals surface area contributed by atoms with E-state index in [-0.39, 0.29) is 6.79 Å². The van der Waals surface area contributed by atoms with Crippen molar-refractivity contribution in [3.05, 3.63) is 72.3 Å². The molecule has 4 nitrogen and oxygen atoms in total. The number of para-hydroxylation sites is 2. The molecule has 0 saturated heterocycles. The number of benzene rings is 3. The van der Waals surface area contributed by atoms with Gasteiger partial charge in [0.25, 0.3) is 0 Å². The van der Waals surface area contributed by atoms with Crippen LogP contribution in [0, 0.1) is 0 Å². The number of fused-ring (bicyclic) bond motifs is 3. The van der Waals surface area contributed by atoms with Crippen LogP contribution in [0.4, 0.5) is 5.69 Å². The molecule has 0 bridgehead atoms. The fourth-order valence-corrected chi connectivity index (χ4v) is 3.09. The molecule has 0 atom stereocenters. The lowest BCUT2D eigenvalue weighted by molar-refractivity contribution is 0.174. The molecule has 1 aliphatic rings. The molecule has 0 aliphatic carbocycles. The van der Waals surface area contributed by atoms with Gasteiger partial charge in [0, 0.05) is 17.0 Å². The molecule has 0 radical (unpaired) electrons. The van der Waals surface area contributed by atoms with Crippen molar-refractivity contribution in [1.82, 2.24) is 4.98 Å². The van der Waals surface area contributed by atoms with E-state index in [1.165, 1.54) is 0 Å². The van der Waals surface area contributed by atoms with Gasteiger partial charge in [0.1, 0.15) is 0 Å². The summed E-state index contributed by atoms with van der Waals surface area (Å²) in [5.41, 5.74) is 3.78. The van der Waals surface area contributed by atoms with Crippen molar-refractivity contribution in [3.8, 4) is 11.5 Å². The monoisotopic (exact) mass is 326 g/mol. The number of hydrogen-bond acceptors (Lipinski definition) is 4. The van der Waals surface area contributed by atoms with Gasteiger partial charge in [0.05, 0.1) is 16.7 Å². The standard InChI is InChI=1S/C21H14N2O2/c1-3-7-17-15(5-1)21(16-6-2-4-8-18(16)23-17)22-12-14-9-10-19-20(11-14)25-13-24-19/h1-12H,13H2. The molecular weight excluding hydrogens is 312 g/mol. The molecule has 0 unspecified atom stereocenters. The Kier molecular flexibility index (Phi) is 3.13. The van der Waals surface area contributed by atoms with Gasteiger partial charge < -0.3 is 9.47 Å². The lowest BCUT2D eigenvalue weighted by atomic mass is 10.1. The maximum atomic E-state index is 5.44. The topological polar surface area (TPSA) is 43.7 Å². The van der Waals surface area contributed by atoms with Gasteiger partial charge in [0.15, 0.2) is 11.5 Å². The second kappa shape index (κ2) is 5.60. The van der Waals surface area contributed by atoms with Gasteiger partial charge in [-0.25, -0.2) is 4.98 Å². The zero-order valence-corrected chi connectivity index (χ0v) is 13.3. The highest BCUT2D eigenvalue weighted by Crippen LogP contribution is 2.34. The second-order valence-corrected chi connectivity index (χ2v) is 5.87. The minimum Gasteiger partial charge on any atom is -0.454 e. The Morgan fingerprint density at radius 1 is 0.800 bits per heavy atom. The summed E-state index contributed by atoms with van der Waals surface area (Å²) in [7, 11) is 0. The summed E-state index contributed by atoms with van der Waals surface area (Å²) >= 11 is 0. The first-order chi connectivity index (χ1) is 12.4. The largest absolute Gasteiger partial charge is 0.454 e. The quantitative estimate of drug-likeness (QED) is 0.390. The van der Waals surface area contributed by atoms with Crippen molar-refractivity contribution < 1.29 is 9.47 Å². The summed E-state index contributed by atoms with van der Waals surface area (Å²) < 4.78 is 10.8. The van der Waals surface area contributed by atoms with Crippen molar-refractivity contribution >= 4 is 33.7 Å². The number of hydrogen-bond donors (Lipinski definition) is 0. The highest BCUT2D eigenvalue weighted by atomic mass is 16.7. The Hall–Kier alpha value is -3.40. The van der Waals surface area contributed by atoms with Gasteiger partial charge in [-0.3, -0.25) is 4.99 Å². The van der Waals surface area contributed by atoms with E-state index >= 15 is 0 Å². The predicted octanol–water partition coefficient (Wildman–Crippen LogP) is 4.87. The number of nitrogens with zero attached hydrogens (tertiary/aromatic N) is 2. The minimum absolute atomic E-state index is 0.273. The molecule has 0 saturated carbocycles. The first kappa shape index (κ1) is 14.0. The van der Waals surface area contributed by atoms with Crippen LogP contribution in [0.5, 0.6) is 11.5 Å². The summed E-state index contributed by atoms with van der Waals surface area (Å²) in [6.45, 7) is 0.273. The zero-order valence-electron chi connectivity index (χ0n) is 13.3. The Balaban J connectivity index is 1.68. The Morgan fingerprint density at radius 2 is 1.48 bits per heavy atom.